The number of rotatable bonds is 6. The Morgan fingerprint density at radius 1 is 0.893 bits per heavy atom. The van der Waals surface area contributed by atoms with Crippen LogP contribution in [0.4, 0.5) is 11.4 Å². The molecule has 3 rings (SSSR count). The minimum absolute atomic E-state index is 0.227. The molecule has 0 fully saturated rings. The molecule has 0 atom stereocenters. The van der Waals surface area contributed by atoms with E-state index >= 15 is 0 Å². The second-order valence-corrected chi connectivity index (χ2v) is 5.99. The van der Waals surface area contributed by atoms with Gasteiger partial charge >= 0.3 is 0 Å². The smallest absolute Gasteiger partial charge is 0.291 e. The minimum Gasteiger partial charge on any atom is -0.493 e. The van der Waals surface area contributed by atoms with Crippen molar-refractivity contribution < 1.29 is 23.5 Å². The highest BCUT2D eigenvalue weighted by Gasteiger charge is 2.13. The summed E-state index contributed by atoms with van der Waals surface area (Å²) in [6.45, 7) is 1.84. The molecule has 7 nitrogen and oxygen atoms in total. The van der Waals surface area contributed by atoms with E-state index in [4.69, 9.17) is 13.9 Å². The van der Waals surface area contributed by atoms with E-state index in [-0.39, 0.29) is 17.6 Å². The minimum atomic E-state index is -0.338. The molecular formula is C21H20N2O5. The Labute approximate surface area is 162 Å². The van der Waals surface area contributed by atoms with Crippen LogP contribution in [0.3, 0.4) is 0 Å². The van der Waals surface area contributed by atoms with Crippen LogP contribution in [0.5, 0.6) is 11.5 Å². The van der Waals surface area contributed by atoms with E-state index in [9.17, 15) is 9.59 Å². The Kier molecular flexibility index (Phi) is 5.64. The SMILES string of the molecule is COc1ccc(C(=O)Nc2ccc(NC(=O)c3ccco3)c(C)c2)cc1OC. The van der Waals surface area contributed by atoms with E-state index in [1.165, 1.54) is 20.5 Å². The fourth-order valence-corrected chi connectivity index (χ4v) is 2.65. The van der Waals surface area contributed by atoms with Crippen LogP contribution in [-0.4, -0.2) is 26.0 Å². The number of hydrogen-bond donors (Lipinski definition) is 2. The molecule has 0 spiro atoms. The van der Waals surface area contributed by atoms with E-state index in [1.54, 1.807) is 48.5 Å². The number of hydrogen-bond acceptors (Lipinski definition) is 5. The molecule has 3 aromatic rings. The van der Waals surface area contributed by atoms with Crippen LogP contribution >= 0.6 is 0 Å². The van der Waals surface area contributed by atoms with E-state index in [0.29, 0.717) is 28.4 Å². The molecule has 1 heterocycles. The third-order valence-corrected chi connectivity index (χ3v) is 4.12. The van der Waals surface area contributed by atoms with Crippen LogP contribution in [0.25, 0.3) is 0 Å². The quantitative estimate of drug-likeness (QED) is 0.672. The highest BCUT2D eigenvalue weighted by molar-refractivity contribution is 6.05. The largest absolute Gasteiger partial charge is 0.493 e. The Balaban J connectivity index is 1.72. The van der Waals surface area contributed by atoms with Crippen molar-refractivity contribution in [2.45, 2.75) is 6.92 Å². The lowest BCUT2D eigenvalue weighted by atomic mass is 10.1. The van der Waals surface area contributed by atoms with Gasteiger partial charge in [-0.2, -0.15) is 0 Å². The first-order chi connectivity index (χ1) is 13.5. The molecule has 7 heteroatoms. The zero-order valence-electron chi connectivity index (χ0n) is 15.7. The lowest BCUT2D eigenvalue weighted by Crippen LogP contribution is -2.14. The average molecular weight is 380 g/mol. The van der Waals surface area contributed by atoms with Crippen LogP contribution < -0.4 is 20.1 Å². The molecule has 0 unspecified atom stereocenters. The van der Waals surface area contributed by atoms with Gasteiger partial charge in [0, 0.05) is 16.9 Å². The van der Waals surface area contributed by atoms with Gasteiger partial charge in [0.1, 0.15) is 0 Å². The van der Waals surface area contributed by atoms with Gasteiger partial charge < -0.3 is 24.5 Å². The first kappa shape index (κ1) is 19.0. The number of amides is 2. The van der Waals surface area contributed by atoms with E-state index < -0.39 is 0 Å². The van der Waals surface area contributed by atoms with Gasteiger partial charge in [0.15, 0.2) is 17.3 Å². The van der Waals surface area contributed by atoms with Gasteiger partial charge in [0.25, 0.3) is 11.8 Å². The lowest BCUT2D eigenvalue weighted by Gasteiger charge is -2.12. The molecule has 2 N–H and O–H groups in total. The summed E-state index contributed by atoms with van der Waals surface area (Å²) in [5, 5.41) is 5.61. The van der Waals surface area contributed by atoms with Crippen LogP contribution in [0.15, 0.2) is 59.2 Å². The van der Waals surface area contributed by atoms with E-state index in [1.807, 2.05) is 6.92 Å². The normalized spacial score (nSPS) is 10.2. The van der Waals surface area contributed by atoms with Crippen molar-refractivity contribution in [1.29, 1.82) is 0 Å². The zero-order chi connectivity index (χ0) is 20.1. The Bertz CT molecular complexity index is 996. The third kappa shape index (κ3) is 4.15. The van der Waals surface area contributed by atoms with Crippen molar-refractivity contribution in [3.63, 3.8) is 0 Å². The number of nitrogens with one attached hydrogen (secondary N) is 2. The van der Waals surface area contributed by atoms with Crippen LogP contribution in [0, 0.1) is 6.92 Å². The summed E-state index contributed by atoms with van der Waals surface area (Å²) in [6, 6.07) is 13.4. The predicted molar refractivity (Wildman–Crippen MR) is 105 cm³/mol. The molecule has 0 saturated carbocycles. The highest BCUT2D eigenvalue weighted by Crippen LogP contribution is 2.28. The Morgan fingerprint density at radius 2 is 1.68 bits per heavy atom. The number of carbonyl (C=O) groups is 2. The summed E-state index contributed by atoms with van der Waals surface area (Å²) in [5.41, 5.74) is 2.47. The van der Waals surface area contributed by atoms with E-state index in [2.05, 4.69) is 10.6 Å². The maximum Gasteiger partial charge on any atom is 0.291 e. The van der Waals surface area contributed by atoms with Gasteiger partial charge in [-0.15, -0.1) is 0 Å². The molecule has 0 saturated heterocycles. The monoisotopic (exact) mass is 380 g/mol. The standard InChI is InChI=1S/C21H20N2O5/c1-13-11-15(7-8-16(13)23-21(25)18-5-4-10-28-18)22-20(24)14-6-9-17(26-2)19(12-14)27-3/h4-12H,1-3H3,(H,22,24)(H,23,25). The molecule has 144 valence electrons. The molecule has 28 heavy (non-hydrogen) atoms. The third-order valence-electron chi connectivity index (χ3n) is 4.12. The zero-order valence-corrected chi connectivity index (χ0v) is 15.7. The molecule has 0 bridgehead atoms. The van der Waals surface area contributed by atoms with Gasteiger partial charge in [-0.1, -0.05) is 0 Å². The Hall–Kier alpha value is -3.74. The van der Waals surface area contributed by atoms with Gasteiger partial charge in [-0.05, 0) is 61.0 Å². The van der Waals surface area contributed by atoms with Gasteiger partial charge in [-0.3, -0.25) is 9.59 Å². The predicted octanol–water partition coefficient (Wildman–Crippen LogP) is 4.11. The number of furan rings is 1. The molecule has 2 aromatic carbocycles. The number of carbonyl (C=O) groups excluding carboxylic acids is 2. The first-order valence-electron chi connectivity index (χ1n) is 8.50. The fraction of sp³-hybridized carbons (Fsp3) is 0.143. The van der Waals surface area contributed by atoms with Crippen molar-refractivity contribution in [2.75, 3.05) is 24.9 Å². The highest BCUT2D eigenvalue weighted by atomic mass is 16.5. The summed E-state index contributed by atoms with van der Waals surface area (Å²) in [4.78, 5) is 24.6. The fourth-order valence-electron chi connectivity index (χ4n) is 2.65. The number of anilines is 2. The molecule has 2 amide bonds. The van der Waals surface area contributed by atoms with Gasteiger partial charge in [0.05, 0.1) is 20.5 Å². The number of benzene rings is 2. The average Bonchev–Trinajstić information content (AvgIpc) is 3.24. The van der Waals surface area contributed by atoms with Crippen molar-refractivity contribution >= 4 is 23.2 Å². The molecule has 0 radical (unpaired) electrons. The molecule has 0 aliphatic heterocycles. The van der Waals surface area contributed by atoms with Crippen LogP contribution in [0.1, 0.15) is 26.5 Å². The second-order valence-electron chi connectivity index (χ2n) is 5.99. The summed E-state index contributed by atoms with van der Waals surface area (Å²) in [5.74, 6) is 0.627. The van der Waals surface area contributed by atoms with E-state index in [0.717, 1.165) is 5.56 Å². The summed E-state index contributed by atoms with van der Waals surface area (Å²) < 4.78 is 15.5. The van der Waals surface area contributed by atoms with Crippen LogP contribution in [-0.2, 0) is 0 Å². The maximum absolute atomic E-state index is 12.5. The lowest BCUT2D eigenvalue weighted by molar-refractivity contribution is 0.0994. The maximum atomic E-state index is 12.5. The number of aryl methyl sites for hydroxylation is 1. The van der Waals surface area contributed by atoms with Crippen molar-refractivity contribution in [2.24, 2.45) is 0 Å². The summed E-state index contributed by atoms with van der Waals surface area (Å²) >= 11 is 0. The van der Waals surface area contributed by atoms with Crippen molar-refractivity contribution in [3.05, 3.63) is 71.7 Å². The molecule has 1 aromatic heterocycles. The molecule has 0 aliphatic rings. The van der Waals surface area contributed by atoms with Gasteiger partial charge in [-0.25, -0.2) is 0 Å². The molecular weight excluding hydrogens is 360 g/mol. The van der Waals surface area contributed by atoms with Crippen molar-refractivity contribution in [1.82, 2.24) is 0 Å². The number of ether oxygens (including phenoxy) is 2. The molecule has 0 aliphatic carbocycles. The summed E-state index contributed by atoms with van der Waals surface area (Å²) in [7, 11) is 3.05. The first-order valence-corrected chi connectivity index (χ1v) is 8.50. The Morgan fingerprint density at radius 3 is 2.32 bits per heavy atom. The summed E-state index contributed by atoms with van der Waals surface area (Å²) in [6.07, 6.45) is 1.44. The second kappa shape index (κ2) is 8.30. The number of methoxy groups -OCH3 is 2. The van der Waals surface area contributed by atoms with Crippen LogP contribution in [0.2, 0.25) is 0 Å². The topological polar surface area (TPSA) is 89.8 Å². The van der Waals surface area contributed by atoms with Crippen molar-refractivity contribution in [3.8, 4) is 11.5 Å². The van der Waals surface area contributed by atoms with Gasteiger partial charge in [0.2, 0.25) is 0 Å².